The first-order valence-electron chi connectivity index (χ1n) is 8.05. The highest BCUT2D eigenvalue weighted by Gasteiger charge is 2.27. The molecule has 126 valence electrons. The lowest BCUT2D eigenvalue weighted by molar-refractivity contribution is 0.0938. The highest BCUT2D eigenvalue weighted by Crippen LogP contribution is 2.24. The summed E-state index contributed by atoms with van der Waals surface area (Å²) in [5.41, 5.74) is 7.31. The number of carbonyl (C=O) groups excluding carboxylic acids is 1. The molecule has 6 nitrogen and oxygen atoms in total. The van der Waals surface area contributed by atoms with Crippen LogP contribution in [0, 0.1) is 0 Å². The molecule has 1 heterocycles. The van der Waals surface area contributed by atoms with E-state index in [9.17, 15) is 13.2 Å². The van der Waals surface area contributed by atoms with Crippen LogP contribution in [0.3, 0.4) is 0 Å². The minimum Gasteiger partial charge on any atom is -0.369 e. The number of carbonyl (C=O) groups is 1. The van der Waals surface area contributed by atoms with Crippen LogP contribution in [0.15, 0.2) is 24.3 Å². The largest absolute Gasteiger partial charge is 0.369 e. The lowest BCUT2D eigenvalue weighted by Crippen LogP contribution is -2.42. The third-order valence-corrected chi connectivity index (χ3v) is 6.25. The minimum atomic E-state index is -2.94. The molecule has 0 radical (unpaired) electrons. The van der Waals surface area contributed by atoms with Crippen molar-refractivity contribution >= 4 is 21.4 Å². The Hall–Kier alpha value is -1.60. The van der Waals surface area contributed by atoms with Gasteiger partial charge in [-0.25, -0.2) is 8.42 Å². The van der Waals surface area contributed by atoms with Gasteiger partial charge in [-0.1, -0.05) is 12.1 Å². The molecule has 1 saturated heterocycles. The number of hydrogen-bond donors (Lipinski definition) is 2. The summed E-state index contributed by atoms with van der Waals surface area (Å²) in [4.78, 5) is 14.6. The van der Waals surface area contributed by atoms with Gasteiger partial charge < -0.3 is 16.0 Å². The predicted octanol–water partition coefficient (Wildman–Crippen LogP) is 0.531. The molecule has 1 saturated carbocycles. The number of benzene rings is 1. The standard InChI is InChI=1S/C16H23N3O3S/c17-12-5-6-13(11-12)18-16(20)14-3-1-2-4-15(14)19-7-9-23(21,22)10-8-19/h1-4,12-13H,5-11,17H2,(H,18,20)/t12-,13-/m0/s1. The van der Waals surface area contributed by atoms with Crippen molar-refractivity contribution in [3.05, 3.63) is 29.8 Å². The summed E-state index contributed by atoms with van der Waals surface area (Å²) in [5.74, 6) is 0.175. The third kappa shape index (κ3) is 3.84. The van der Waals surface area contributed by atoms with E-state index in [0.29, 0.717) is 18.7 Å². The van der Waals surface area contributed by atoms with Crippen molar-refractivity contribution in [1.29, 1.82) is 0 Å². The van der Waals surface area contributed by atoms with Gasteiger partial charge in [0.15, 0.2) is 9.84 Å². The van der Waals surface area contributed by atoms with E-state index in [4.69, 9.17) is 5.73 Å². The summed E-state index contributed by atoms with van der Waals surface area (Å²) in [5, 5.41) is 3.06. The fourth-order valence-electron chi connectivity index (χ4n) is 3.31. The zero-order valence-corrected chi connectivity index (χ0v) is 13.9. The van der Waals surface area contributed by atoms with Crippen LogP contribution < -0.4 is 16.0 Å². The number of anilines is 1. The van der Waals surface area contributed by atoms with Crippen molar-refractivity contribution in [2.45, 2.75) is 31.3 Å². The molecule has 7 heteroatoms. The Kier molecular flexibility index (Phi) is 4.59. The average molecular weight is 337 g/mol. The van der Waals surface area contributed by atoms with E-state index >= 15 is 0 Å². The van der Waals surface area contributed by atoms with E-state index in [0.717, 1.165) is 24.9 Å². The van der Waals surface area contributed by atoms with Crippen molar-refractivity contribution < 1.29 is 13.2 Å². The summed E-state index contributed by atoms with van der Waals surface area (Å²) in [6.07, 6.45) is 2.67. The van der Waals surface area contributed by atoms with Crippen LogP contribution in [0.5, 0.6) is 0 Å². The van der Waals surface area contributed by atoms with Crippen LogP contribution in [0.4, 0.5) is 5.69 Å². The summed E-state index contributed by atoms with van der Waals surface area (Å²) < 4.78 is 23.2. The van der Waals surface area contributed by atoms with E-state index < -0.39 is 9.84 Å². The number of nitrogens with two attached hydrogens (primary N) is 1. The smallest absolute Gasteiger partial charge is 0.253 e. The second kappa shape index (κ2) is 6.49. The average Bonchev–Trinajstić information content (AvgIpc) is 2.92. The number of hydrogen-bond acceptors (Lipinski definition) is 5. The van der Waals surface area contributed by atoms with Crippen LogP contribution in [-0.2, 0) is 9.84 Å². The maximum atomic E-state index is 12.6. The minimum absolute atomic E-state index is 0.104. The quantitative estimate of drug-likeness (QED) is 0.839. The van der Waals surface area contributed by atoms with E-state index in [2.05, 4.69) is 5.32 Å². The number of para-hydroxylation sites is 1. The molecule has 2 atom stereocenters. The van der Waals surface area contributed by atoms with Gasteiger partial charge in [0.25, 0.3) is 5.91 Å². The number of nitrogens with zero attached hydrogens (tertiary/aromatic N) is 1. The van der Waals surface area contributed by atoms with Crippen LogP contribution in [0.25, 0.3) is 0 Å². The summed E-state index contributed by atoms with van der Waals surface area (Å²) in [7, 11) is -2.94. The first kappa shape index (κ1) is 16.3. The summed E-state index contributed by atoms with van der Waals surface area (Å²) in [6, 6.07) is 7.69. The van der Waals surface area contributed by atoms with Crippen LogP contribution in [0.1, 0.15) is 29.6 Å². The lowest BCUT2D eigenvalue weighted by atomic mass is 10.1. The maximum Gasteiger partial charge on any atom is 0.253 e. The maximum absolute atomic E-state index is 12.6. The number of nitrogens with one attached hydrogen (secondary N) is 1. The van der Waals surface area contributed by atoms with Gasteiger partial charge in [-0.2, -0.15) is 0 Å². The van der Waals surface area contributed by atoms with Crippen molar-refractivity contribution in [2.24, 2.45) is 5.73 Å². The van der Waals surface area contributed by atoms with Gasteiger partial charge in [0.1, 0.15) is 0 Å². The van der Waals surface area contributed by atoms with Gasteiger partial charge in [0.05, 0.1) is 17.1 Å². The zero-order chi connectivity index (χ0) is 16.4. The van der Waals surface area contributed by atoms with E-state index in [1.165, 1.54) is 0 Å². The molecule has 0 aromatic heterocycles. The molecule has 1 aromatic carbocycles. The molecular formula is C16H23N3O3S. The monoisotopic (exact) mass is 337 g/mol. The second-order valence-corrected chi connectivity index (χ2v) is 8.70. The Labute approximate surface area is 137 Å². The summed E-state index contributed by atoms with van der Waals surface area (Å²) >= 11 is 0. The number of rotatable bonds is 3. The number of amides is 1. The molecule has 1 aliphatic carbocycles. The molecule has 0 spiro atoms. The fraction of sp³-hybridized carbons (Fsp3) is 0.562. The molecule has 0 unspecified atom stereocenters. The van der Waals surface area contributed by atoms with Gasteiger partial charge in [-0.15, -0.1) is 0 Å². The van der Waals surface area contributed by atoms with E-state index in [1.807, 2.05) is 23.1 Å². The number of sulfone groups is 1. The highest BCUT2D eigenvalue weighted by molar-refractivity contribution is 7.91. The lowest BCUT2D eigenvalue weighted by Gasteiger charge is -2.30. The zero-order valence-electron chi connectivity index (χ0n) is 13.1. The second-order valence-electron chi connectivity index (χ2n) is 6.40. The van der Waals surface area contributed by atoms with Gasteiger partial charge in [-0.05, 0) is 31.4 Å². The Balaban J connectivity index is 1.74. The molecule has 2 aliphatic rings. The van der Waals surface area contributed by atoms with Crippen molar-refractivity contribution in [3.63, 3.8) is 0 Å². The highest BCUT2D eigenvalue weighted by atomic mass is 32.2. The van der Waals surface area contributed by atoms with Crippen molar-refractivity contribution in [2.75, 3.05) is 29.5 Å². The SMILES string of the molecule is N[C@H]1CC[C@H](NC(=O)c2ccccc2N2CCS(=O)(=O)CC2)C1. The molecular weight excluding hydrogens is 314 g/mol. The molecule has 3 N–H and O–H groups in total. The van der Waals surface area contributed by atoms with Gasteiger partial charge in [-0.3, -0.25) is 4.79 Å². The molecule has 1 aliphatic heterocycles. The van der Waals surface area contributed by atoms with Gasteiger partial charge in [0, 0.05) is 30.9 Å². The normalized spacial score (nSPS) is 26.9. The Bertz CT molecular complexity index is 676. The van der Waals surface area contributed by atoms with E-state index in [-0.39, 0.29) is 29.5 Å². The predicted molar refractivity (Wildman–Crippen MR) is 90.4 cm³/mol. The Morgan fingerprint density at radius 2 is 1.87 bits per heavy atom. The first-order chi connectivity index (χ1) is 10.9. The van der Waals surface area contributed by atoms with E-state index in [1.54, 1.807) is 6.07 Å². The van der Waals surface area contributed by atoms with Gasteiger partial charge in [0.2, 0.25) is 0 Å². The van der Waals surface area contributed by atoms with Gasteiger partial charge >= 0.3 is 0 Å². The molecule has 3 rings (SSSR count). The van der Waals surface area contributed by atoms with Crippen LogP contribution in [-0.4, -0.2) is 51.0 Å². The molecule has 1 aromatic rings. The topological polar surface area (TPSA) is 92.5 Å². The van der Waals surface area contributed by atoms with Crippen LogP contribution >= 0.6 is 0 Å². The summed E-state index contributed by atoms with van der Waals surface area (Å²) in [6.45, 7) is 0.863. The van der Waals surface area contributed by atoms with Crippen molar-refractivity contribution in [3.8, 4) is 0 Å². The molecule has 2 fully saturated rings. The first-order valence-corrected chi connectivity index (χ1v) is 9.87. The van der Waals surface area contributed by atoms with Crippen LogP contribution in [0.2, 0.25) is 0 Å². The third-order valence-electron chi connectivity index (χ3n) is 4.64. The van der Waals surface area contributed by atoms with Crippen molar-refractivity contribution in [1.82, 2.24) is 5.32 Å². The molecule has 23 heavy (non-hydrogen) atoms. The molecule has 0 bridgehead atoms. The Morgan fingerprint density at radius 3 is 2.52 bits per heavy atom. The molecule has 1 amide bonds. The fourth-order valence-corrected chi connectivity index (χ4v) is 4.51. The Morgan fingerprint density at radius 1 is 1.17 bits per heavy atom.